The molecule has 0 N–H and O–H groups in total. The quantitative estimate of drug-likeness (QED) is 0.472. The summed E-state index contributed by atoms with van der Waals surface area (Å²) in [6.07, 6.45) is 3.70. The molecule has 0 aliphatic carbocycles. The average Bonchev–Trinajstić information content (AvgIpc) is 2.56. The van der Waals surface area contributed by atoms with Crippen LogP contribution in [0.2, 0.25) is 0 Å². The molecule has 1 atom stereocenters. The van der Waals surface area contributed by atoms with Crippen molar-refractivity contribution in [1.82, 2.24) is 0 Å². The molecule has 0 aromatic heterocycles. The minimum absolute atomic E-state index is 0.116. The molecule has 0 radical (unpaired) electrons. The van der Waals surface area contributed by atoms with Crippen LogP contribution < -0.4 is 14.2 Å². The molecule has 0 amide bonds. The van der Waals surface area contributed by atoms with Crippen molar-refractivity contribution in [1.29, 1.82) is 0 Å². The average molecular weight is 336 g/mol. The van der Waals surface area contributed by atoms with E-state index in [4.69, 9.17) is 18.9 Å². The summed E-state index contributed by atoms with van der Waals surface area (Å²) in [5.74, 6) is 1.43. The van der Waals surface area contributed by atoms with Crippen LogP contribution in [0.25, 0.3) is 6.08 Å². The van der Waals surface area contributed by atoms with Crippen molar-refractivity contribution >= 4 is 12.0 Å². The van der Waals surface area contributed by atoms with Gasteiger partial charge in [0.1, 0.15) is 5.75 Å². The molecule has 1 unspecified atom stereocenters. The van der Waals surface area contributed by atoms with Gasteiger partial charge in [-0.1, -0.05) is 6.92 Å². The predicted molar refractivity (Wildman–Crippen MR) is 94.8 cm³/mol. The van der Waals surface area contributed by atoms with Gasteiger partial charge in [-0.15, -0.1) is 0 Å². The molecule has 1 aromatic rings. The smallest absolute Gasteiger partial charge is 0.331 e. The highest BCUT2D eigenvalue weighted by Crippen LogP contribution is 2.39. The molecule has 24 heavy (non-hydrogen) atoms. The van der Waals surface area contributed by atoms with E-state index in [-0.39, 0.29) is 6.10 Å². The molecule has 0 fully saturated rings. The third-order valence-electron chi connectivity index (χ3n) is 3.29. The van der Waals surface area contributed by atoms with Crippen LogP contribution >= 0.6 is 0 Å². The van der Waals surface area contributed by atoms with E-state index < -0.39 is 5.97 Å². The molecular formula is C19H28O5. The van der Waals surface area contributed by atoms with Crippen LogP contribution in [0.1, 0.15) is 46.6 Å². The maximum absolute atomic E-state index is 11.9. The molecule has 134 valence electrons. The zero-order valence-corrected chi connectivity index (χ0v) is 15.3. The van der Waals surface area contributed by atoms with Crippen LogP contribution in [0.15, 0.2) is 18.2 Å². The molecule has 0 heterocycles. The third-order valence-corrected chi connectivity index (χ3v) is 3.29. The number of benzene rings is 1. The number of hydrogen-bond donors (Lipinski definition) is 0. The number of carbonyl (C=O) groups excluding carboxylic acids is 1. The summed E-state index contributed by atoms with van der Waals surface area (Å²) >= 11 is 0. The Morgan fingerprint density at radius 1 is 1.00 bits per heavy atom. The number of esters is 1. The van der Waals surface area contributed by atoms with E-state index in [1.165, 1.54) is 6.08 Å². The SMILES string of the molecule is CCOc1ccc(OCC)c(OCC)c1C=CC(=O)OC(C)CC. The van der Waals surface area contributed by atoms with Crippen molar-refractivity contribution in [3.05, 3.63) is 23.8 Å². The van der Waals surface area contributed by atoms with Crippen LogP contribution in [-0.2, 0) is 9.53 Å². The fourth-order valence-corrected chi connectivity index (χ4v) is 2.04. The normalized spacial score (nSPS) is 12.0. The molecule has 0 spiro atoms. The Bertz CT molecular complexity index is 551. The number of hydrogen-bond acceptors (Lipinski definition) is 5. The summed E-state index contributed by atoms with van der Waals surface area (Å²) in [5, 5.41) is 0. The van der Waals surface area contributed by atoms with Crippen LogP contribution in [0.5, 0.6) is 17.2 Å². The Labute approximate surface area is 144 Å². The first-order valence-corrected chi connectivity index (χ1v) is 8.51. The number of rotatable bonds is 10. The lowest BCUT2D eigenvalue weighted by Gasteiger charge is -2.17. The van der Waals surface area contributed by atoms with Crippen molar-refractivity contribution in [2.75, 3.05) is 19.8 Å². The van der Waals surface area contributed by atoms with Gasteiger partial charge in [0.15, 0.2) is 11.5 Å². The summed E-state index contributed by atoms with van der Waals surface area (Å²) in [5.41, 5.74) is 0.672. The minimum Gasteiger partial charge on any atom is -0.493 e. The minimum atomic E-state index is -0.393. The Morgan fingerprint density at radius 2 is 1.58 bits per heavy atom. The van der Waals surface area contributed by atoms with Crippen molar-refractivity contribution in [2.45, 2.75) is 47.1 Å². The molecule has 1 aromatic carbocycles. The fraction of sp³-hybridized carbons (Fsp3) is 0.526. The van der Waals surface area contributed by atoms with Gasteiger partial charge in [0.25, 0.3) is 0 Å². The van der Waals surface area contributed by atoms with E-state index in [2.05, 4.69) is 0 Å². The van der Waals surface area contributed by atoms with Crippen molar-refractivity contribution in [3.8, 4) is 17.2 Å². The van der Waals surface area contributed by atoms with E-state index in [1.54, 1.807) is 6.08 Å². The van der Waals surface area contributed by atoms with Gasteiger partial charge in [-0.3, -0.25) is 0 Å². The van der Waals surface area contributed by atoms with Crippen LogP contribution in [-0.4, -0.2) is 31.9 Å². The molecule has 1 rings (SSSR count). The molecule has 0 aliphatic heterocycles. The topological polar surface area (TPSA) is 54.0 Å². The van der Waals surface area contributed by atoms with Gasteiger partial charge < -0.3 is 18.9 Å². The summed E-state index contributed by atoms with van der Waals surface area (Å²) in [6.45, 7) is 11.0. The lowest BCUT2D eigenvalue weighted by atomic mass is 10.1. The Kier molecular flexibility index (Phi) is 8.76. The van der Waals surface area contributed by atoms with E-state index in [9.17, 15) is 4.79 Å². The Balaban J connectivity index is 3.19. The van der Waals surface area contributed by atoms with E-state index >= 15 is 0 Å². The summed E-state index contributed by atoms with van der Waals surface area (Å²) in [4.78, 5) is 11.9. The first kappa shape index (κ1) is 19.9. The standard InChI is InChI=1S/C19H28O5/c1-6-14(5)24-18(20)13-10-15-16(21-7-2)11-12-17(22-8-3)19(15)23-9-4/h10-14H,6-9H2,1-5H3. The highest BCUT2D eigenvalue weighted by molar-refractivity contribution is 5.88. The van der Waals surface area contributed by atoms with Crippen molar-refractivity contribution in [2.24, 2.45) is 0 Å². The van der Waals surface area contributed by atoms with Crippen molar-refractivity contribution in [3.63, 3.8) is 0 Å². The first-order valence-electron chi connectivity index (χ1n) is 8.51. The Hall–Kier alpha value is -2.17. The second kappa shape index (κ2) is 10.6. The van der Waals surface area contributed by atoms with Gasteiger partial charge in [0, 0.05) is 6.08 Å². The van der Waals surface area contributed by atoms with Gasteiger partial charge in [0.2, 0.25) is 0 Å². The van der Waals surface area contributed by atoms with Crippen LogP contribution in [0.4, 0.5) is 0 Å². The lowest BCUT2D eigenvalue weighted by Crippen LogP contribution is -2.11. The van der Waals surface area contributed by atoms with E-state index in [1.807, 2.05) is 46.8 Å². The second-order valence-corrected chi connectivity index (χ2v) is 5.09. The van der Waals surface area contributed by atoms with Gasteiger partial charge in [-0.05, 0) is 52.3 Å². The van der Waals surface area contributed by atoms with E-state index in [0.29, 0.717) is 42.6 Å². The number of ether oxygens (including phenoxy) is 4. The van der Waals surface area contributed by atoms with Gasteiger partial charge in [-0.2, -0.15) is 0 Å². The monoisotopic (exact) mass is 336 g/mol. The number of carbonyl (C=O) groups is 1. The molecular weight excluding hydrogens is 308 g/mol. The van der Waals surface area contributed by atoms with Gasteiger partial charge >= 0.3 is 5.97 Å². The van der Waals surface area contributed by atoms with Crippen LogP contribution in [0.3, 0.4) is 0 Å². The van der Waals surface area contributed by atoms with E-state index in [0.717, 1.165) is 6.42 Å². The zero-order valence-electron chi connectivity index (χ0n) is 15.3. The Morgan fingerprint density at radius 3 is 2.17 bits per heavy atom. The molecule has 5 nitrogen and oxygen atoms in total. The summed E-state index contributed by atoms with van der Waals surface area (Å²) < 4.78 is 22.3. The maximum Gasteiger partial charge on any atom is 0.331 e. The highest BCUT2D eigenvalue weighted by atomic mass is 16.5. The van der Waals surface area contributed by atoms with Gasteiger partial charge in [-0.25, -0.2) is 4.79 Å². The largest absolute Gasteiger partial charge is 0.493 e. The van der Waals surface area contributed by atoms with Gasteiger partial charge in [0.05, 0.1) is 31.5 Å². The van der Waals surface area contributed by atoms with Crippen LogP contribution in [0, 0.1) is 0 Å². The fourth-order valence-electron chi connectivity index (χ4n) is 2.04. The molecule has 5 heteroatoms. The highest BCUT2D eigenvalue weighted by Gasteiger charge is 2.15. The molecule has 0 saturated heterocycles. The summed E-state index contributed by atoms with van der Waals surface area (Å²) in [7, 11) is 0. The van der Waals surface area contributed by atoms with Crippen molar-refractivity contribution < 1.29 is 23.7 Å². The second-order valence-electron chi connectivity index (χ2n) is 5.09. The molecule has 0 bridgehead atoms. The first-order chi connectivity index (χ1) is 11.6. The predicted octanol–water partition coefficient (Wildman–Crippen LogP) is 4.24. The summed E-state index contributed by atoms with van der Waals surface area (Å²) in [6, 6.07) is 3.63. The zero-order chi connectivity index (χ0) is 17.9. The third kappa shape index (κ3) is 5.80. The molecule has 0 saturated carbocycles. The lowest BCUT2D eigenvalue weighted by molar-refractivity contribution is -0.142. The molecule has 0 aliphatic rings. The maximum atomic E-state index is 11.9.